The lowest BCUT2D eigenvalue weighted by Gasteiger charge is -2.27. The van der Waals surface area contributed by atoms with Gasteiger partial charge in [-0.1, -0.05) is 65.1 Å². The van der Waals surface area contributed by atoms with Crippen LogP contribution in [0.4, 0.5) is 5.69 Å². The number of ketones is 1. The Balaban J connectivity index is 1.97. The van der Waals surface area contributed by atoms with E-state index in [0.717, 1.165) is 5.56 Å². The second kappa shape index (κ2) is 10.8. The highest BCUT2D eigenvalue weighted by molar-refractivity contribution is 7.80. The molecular weight excluding hydrogens is 455 g/mol. The molecule has 29 heavy (non-hydrogen) atoms. The first-order valence-electron chi connectivity index (χ1n) is 8.50. The number of thiocarbonyl (C=S) groups is 1. The fourth-order valence-corrected chi connectivity index (χ4v) is 2.91. The van der Waals surface area contributed by atoms with E-state index in [-0.39, 0.29) is 29.8 Å². The zero-order chi connectivity index (χ0) is 21.4. The Morgan fingerprint density at radius 3 is 2.17 bits per heavy atom. The van der Waals surface area contributed by atoms with Gasteiger partial charge >= 0.3 is 0 Å². The molecule has 0 saturated carbocycles. The summed E-state index contributed by atoms with van der Waals surface area (Å²) in [5.74, 6) is -0.512. The first-order chi connectivity index (χ1) is 13.7. The lowest BCUT2D eigenvalue weighted by Crippen LogP contribution is -2.56. The number of alkyl halides is 3. The minimum absolute atomic E-state index is 0.0691. The molecule has 0 fully saturated rings. The highest BCUT2D eigenvalue weighted by Crippen LogP contribution is 2.29. The van der Waals surface area contributed by atoms with Crippen molar-refractivity contribution in [1.82, 2.24) is 10.6 Å². The average molecular weight is 474 g/mol. The van der Waals surface area contributed by atoms with Crippen molar-refractivity contribution in [3.8, 4) is 0 Å². The molecule has 154 valence electrons. The SMILES string of the molecule is NCC(=O)c1ccc(NC(=S)NC(NC(=O)Cc2ccccc2)C(Cl)(Cl)Cl)cc1. The van der Waals surface area contributed by atoms with E-state index in [1.807, 2.05) is 30.3 Å². The fraction of sp³-hybridized carbons (Fsp3) is 0.211. The molecule has 2 rings (SSSR count). The molecule has 0 spiro atoms. The number of nitrogens with one attached hydrogen (secondary N) is 3. The summed E-state index contributed by atoms with van der Waals surface area (Å²) in [5, 5.41) is 8.42. The summed E-state index contributed by atoms with van der Waals surface area (Å²) in [5.41, 5.74) is 7.26. The van der Waals surface area contributed by atoms with E-state index in [0.29, 0.717) is 11.3 Å². The average Bonchev–Trinajstić information content (AvgIpc) is 2.67. The molecule has 0 aliphatic heterocycles. The molecule has 0 aliphatic rings. The van der Waals surface area contributed by atoms with E-state index >= 15 is 0 Å². The molecule has 0 aliphatic carbocycles. The smallest absolute Gasteiger partial charge is 0.228 e. The summed E-state index contributed by atoms with van der Waals surface area (Å²) in [6.07, 6.45) is -0.946. The van der Waals surface area contributed by atoms with Gasteiger partial charge in [-0.3, -0.25) is 9.59 Å². The molecule has 1 amide bonds. The molecule has 6 nitrogen and oxygen atoms in total. The number of Topliss-reactive ketones (excluding diaryl/α,β-unsaturated/α-hetero) is 1. The fourth-order valence-electron chi connectivity index (χ4n) is 2.35. The van der Waals surface area contributed by atoms with Crippen LogP contribution in [0.1, 0.15) is 15.9 Å². The Morgan fingerprint density at radius 2 is 1.62 bits per heavy atom. The van der Waals surface area contributed by atoms with Crippen molar-refractivity contribution in [3.63, 3.8) is 0 Å². The number of rotatable bonds is 7. The van der Waals surface area contributed by atoms with E-state index in [4.69, 9.17) is 52.8 Å². The molecule has 0 radical (unpaired) electrons. The summed E-state index contributed by atoms with van der Waals surface area (Å²) in [7, 11) is 0. The van der Waals surface area contributed by atoms with Gasteiger partial charge in [-0.25, -0.2) is 0 Å². The lowest BCUT2D eigenvalue weighted by atomic mass is 10.1. The minimum atomic E-state index is -1.85. The number of carbonyl (C=O) groups is 2. The highest BCUT2D eigenvalue weighted by Gasteiger charge is 2.34. The molecule has 5 N–H and O–H groups in total. The maximum absolute atomic E-state index is 12.3. The molecule has 0 aromatic heterocycles. The summed E-state index contributed by atoms with van der Waals surface area (Å²) in [4.78, 5) is 23.9. The van der Waals surface area contributed by atoms with Crippen molar-refractivity contribution >= 4 is 69.5 Å². The predicted molar refractivity (Wildman–Crippen MR) is 122 cm³/mol. The standard InChI is InChI=1S/C19H19Cl3N4O2S/c20-19(21,22)17(25-16(28)10-12-4-2-1-3-5-12)26-18(29)24-14-8-6-13(7-9-14)15(27)11-23/h1-9,17H,10-11,23H2,(H,25,28)(H2,24,26,29). The molecular formula is C19H19Cl3N4O2S. The van der Waals surface area contributed by atoms with Gasteiger partial charge in [0.05, 0.1) is 13.0 Å². The topological polar surface area (TPSA) is 96.2 Å². The van der Waals surface area contributed by atoms with Crippen LogP contribution in [0.2, 0.25) is 0 Å². The van der Waals surface area contributed by atoms with Crippen LogP contribution >= 0.6 is 47.0 Å². The normalized spacial score (nSPS) is 12.0. The largest absolute Gasteiger partial charge is 0.339 e. The van der Waals surface area contributed by atoms with Gasteiger partial charge in [-0.15, -0.1) is 0 Å². The number of carbonyl (C=O) groups excluding carboxylic acids is 2. The van der Waals surface area contributed by atoms with Crippen molar-refractivity contribution in [3.05, 3.63) is 65.7 Å². The van der Waals surface area contributed by atoms with E-state index < -0.39 is 9.96 Å². The quantitative estimate of drug-likeness (QED) is 0.213. The summed E-state index contributed by atoms with van der Waals surface area (Å²) in [6, 6.07) is 15.7. The number of hydrogen-bond acceptors (Lipinski definition) is 4. The van der Waals surface area contributed by atoms with Crippen molar-refractivity contribution in [2.45, 2.75) is 16.4 Å². The van der Waals surface area contributed by atoms with Gasteiger partial charge in [0, 0.05) is 11.3 Å². The zero-order valence-electron chi connectivity index (χ0n) is 15.1. The number of benzene rings is 2. The monoisotopic (exact) mass is 472 g/mol. The zero-order valence-corrected chi connectivity index (χ0v) is 18.2. The second-order valence-electron chi connectivity index (χ2n) is 6.01. The molecule has 0 heterocycles. The van der Waals surface area contributed by atoms with Crippen LogP contribution in [0.3, 0.4) is 0 Å². The molecule has 0 bridgehead atoms. The third kappa shape index (κ3) is 7.79. The van der Waals surface area contributed by atoms with Gasteiger partial charge in [0.25, 0.3) is 0 Å². The van der Waals surface area contributed by atoms with Crippen LogP contribution in [-0.4, -0.2) is 33.3 Å². The van der Waals surface area contributed by atoms with Crippen LogP contribution in [0.5, 0.6) is 0 Å². The van der Waals surface area contributed by atoms with Crippen LogP contribution in [0, 0.1) is 0 Å². The van der Waals surface area contributed by atoms with Gasteiger partial charge in [0.2, 0.25) is 9.70 Å². The number of halogens is 3. The van der Waals surface area contributed by atoms with Crippen LogP contribution in [0.25, 0.3) is 0 Å². The lowest BCUT2D eigenvalue weighted by molar-refractivity contribution is -0.121. The maximum atomic E-state index is 12.3. The van der Waals surface area contributed by atoms with E-state index in [2.05, 4.69) is 16.0 Å². The Kier molecular flexibility index (Phi) is 8.67. The molecule has 2 aromatic carbocycles. The minimum Gasteiger partial charge on any atom is -0.339 e. The molecule has 0 saturated heterocycles. The highest BCUT2D eigenvalue weighted by atomic mass is 35.6. The van der Waals surface area contributed by atoms with Crippen molar-refractivity contribution in [1.29, 1.82) is 0 Å². The van der Waals surface area contributed by atoms with Crippen LogP contribution < -0.4 is 21.7 Å². The second-order valence-corrected chi connectivity index (χ2v) is 8.78. The number of nitrogens with two attached hydrogens (primary N) is 1. The first kappa shape index (κ1) is 23.4. The van der Waals surface area contributed by atoms with Crippen LogP contribution in [-0.2, 0) is 11.2 Å². The van der Waals surface area contributed by atoms with Crippen molar-refractivity contribution in [2.24, 2.45) is 5.73 Å². The molecule has 2 aromatic rings. The maximum Gasteiger partial charge on any atom is 0.228 e. The van der Waals surface area contributed by atoms with Crippen molar-refractivity contribution < 1.29 is 9.59 Å². The number of hydrogen-bond donors (Lipinski definition) is 4. The molecule has 1 atom stereocenters. The van der Waals surface area contributed by atoms with Gasteiger partial charge in [0.1, 0.15) is 6.17 Å². The van der Waals surface area contributed by atoms with Crippen LogP contribution in [0.15, 0.2) is 54.6 Å². The Hall–Kier alpha value is -1.90. The molecule has 10 heteroatoms. The van der Waals surface area contributed by atoms with E-state index in [1.54, 1.807) is 24.3 Å². The number of anilines is 1. The van der Waals surface area contributed by atoms with Gasteiger partial charge in [-0.2, -0.15) is 0 Å². The molecule has 1 unspecified atom stereocenters. The number of amides is 1. The summed E-state index contributed by atoms with van der Waals surface area (Å²) in [6.45, 7) is -0.0691. The Morgan fingerprint density at radius 1 is 1.00 bits per heavy atom. The Labute approximate surface area is 189 Å². The van der Waals surface area contributed by atoms with Gasteiger partial charge in [-0.05, 0) is 42.0 Å². The van der Waals surface area contributed by atoms with E-state index in [9.17, 15) is 9.59 Å². The third-order valence-corrected chi connectivity index (χ3v) is 4.64. The van der Waals surface area contributed by atoms with Gasteiger partial charge < -0.3 is 21.7 Å². The van der Waals surface area contributed by atoms with Gasteiger partial charge in [0.15, 0.2) is 10.9 Å². The Bertz CT molecular complexity index is 858. The summed E-state index contributed by atoms with van der Waals surface area (Å²) < 4.78 is -1.85. The third-order valence-electron chi connectivity index (χ3n) is 3.77. The predicted octanol–water partition coefficient (Wildman–Crippen LogP) is 3.17. The van der Waals surface area contributed by atoms with E-state index in [1.165, 1.54) is 0 Å². The first-order valence-corrected chi connectivity index (χ1v) is 10.0. The summed E-state index contributed by atoms with van der Waals surface area (Å²) >= 11 is 23.2. The van der Waals surface area contributed by atoms with Crippen molar-refractivity contribution in [2.75, 3.05) is 11.9 Å².